The smallest absolute Gasteiger partial charge is 0.303 e. The third-order valence-corrected chi connectivity index (χ3v) is 9.12. The number of aromatic nitrogens is 1. The predicted molar refractivity (Wildman–Crippen MR) is 163 cm³/mol. The highest BCUT2D eigenvalue weighted by atomic mass is 19.2. The van der Waals surface area contributed by atoms with Gasteiger partial charge in [-0.2, -0.15) is 0 Å². The summed E-state index contributed by atoms with van der Waals surface area (Å²) in [6.07, 6.45) is 2.11. The van der Waals surface area contributed by atoms with Crippen LogP contribution in [-0.4, -0.2) is 85.5 Å². The zero-order valence-corrected chi connectivity index (χ0v) is 25.5. The van der Waals surface area contributed by atoms with Crippen LogP contribution in [0.5, 0.6) is 5.75 Å². The minimum absolute atomic E-state index is 0.0501. The maximum atomic E-state index is 16.5. The summed E-state index contributed by atoms with van der Waals surface area (Å²) in [7, 11) is 1.57. The minimum atomic E-state index is -1.51. The van der Waals surface area contributed by atoms with Gasteiger partial charge in [0.05, 0.1) is 32.3 Å². The van der Waals surface area contributed by atoms with Gasteiger partial charge in [0, 0.05) is 67.7 Å². The number of anilines is 1. The van der Waals surface area contributed by atoms with Crippen LogP contribution in [-0.2, 0) is 16.1 Å². The van der Waals surface area contributed by atoms with Gasteiger partial charge >= 0.3 is 5.97 Å². The molecule has 45 heavy (non-hydrogen) atoms. The quantitative estimate of drug-likeness (QED) is 0.177. The number of alkyl halides is 1. The summed E-state index contributed by atoms with van der Waals surface area (Å²) < 4.78 is 67.7. The summed E-state index contributed by atoms with van der Waals surface area (Å²) in [5, 5.41) is 13.4. The monoisotopic (exact) mass is 632 g/mol. The van der Waals surface area contributed by atoms with Crippen LogP contribution in [0.1, 0.15) is 49.4 Å². The van der Waals surface area contributed by atoms with Gasteiger partial charge < -0.3 is 24.8 Å². The van der Waals surface area contributed by atoms with Crippen LogP contribution in [0, 0.1) is 22.9 Å². The second-order valence-electron chi connectivity index (χ2n) is 12.1. The number of ether oxygens (including phenoxy) is 2. The summed E-state index contributed by atoms with van der Waals surface area (Å²) in [5.74, 6) is -4.32. The fourth-order valence-electron chi connectivity index (χ4n) is 6.54. The van der Waals surface area contributed by atoms with Gasteiger partial charge in [-0.05, 0) is 68.0 Å². The zero-order valence-electron chi connectivity index (χ0n) is 25.5. The number of carboxylic acids is 1. The average molecular weight is 633 g/mol. The minimum Gasteiger partial charge on any atom is -0.497 e. The van der Waals surface area contributed by atoms with E-state index in [1.165, 1.54) is 0 Å². The average Bonchev–Trinajstić information content (AvgIpc) is 3.03. The van der Waals surface area contributed by atoms with Crippen molar-refractivity contribution in [1.82, 2.24) is 14.8 Å². The largest absolute Gasteiger partial charge is 0.497 e. The van der Waals surface area contributed by atoms with Gasteiger partial charge in [0.2, 0.25) is 0 Å². The summed E-state index contributed by atoms with van der Waals surface area (Å²) in [6.45, 7) is 5.41. The molecule has 2 aliphatic heterocycles. The first-order valence-corrected chi connectivity index (χ1v) is 15.4. The van der Waals surface area contributed by atoms with E-state index in [2.05, 4.69) is 20.1 Å². The number of hydrogen-bond donors (Lipinski definition) is 2. The van der Waals surface area contributed by atoms with Crippen LogP contribution in [0.3, 0.4) is 0 Å². The van der Waals surface area contributed by atoms with E-state index in [4.69, 9.17) is 9.47 Å². The molecule has 0 amide bonds. The fourth-order valence-corrected chi connectivity index (χ4v) is 6.54. The third-order valence-electron chi connectivity index (χ3n) is 9.12. The van der Waals surface area contributed by atoms with Crippen molar-refractivity contribution in [3.8, 4) is 5.75 Å². The van der Waals surface area contributed by atoms with Crippen molar-refractivity contribution in [1.29, 1.82) is 0 Å². The number of nitrogens with zero attached hydrogens (tertiary/aromatic N) is 3. The molecule has 0 bridgehead atoms. The highest BCUT2D eigenvalue weighted by Crippen LogP contribution is 2.43. The Kier molecular flexibility index (Phi) is 10.8. The molecule has 1 atom stereocenters. The molecule has 2 aliphatic rings. The van der Waals surface area contributed by atoms with Crippen molar-refractivity contribution in [2.45, 2.75) is 44.8 Å². The second kappa shape index (κ2) is 14.7. The number of aliphatic carboxylic acids is 1. The van der Waals surface area contributed by atoms with Crippen molar-refractivity contribution in [3.63, 3.8) is 0 Å². The summed E-state index contributed by atoms with van der Waals surface area (Å²) >= 11 is 0. The Labute approximate surface area is 260 Å². The zero-order chi connectivity index (χ0) is 32.0. The molecule has 2 aromatic carbocycles. The Morgan fingerprint density at radius 3 is 2.47 bits per heavy atom. The highest BCUT2D eigenvalue weighted by Gasteiger charge is 2.37. The lowest BCUT2D eigenvalue weighted by molar-refractivity contribution is -0.141. The van der Waals surface area contributed by atoms with Crippen molar-refractivity contribution in [3.05, 3.63) is 65.1 Å². The van der Waals surface area contributed by atoms with Crippen molar-refractivity contribution >= 4 is 22.6 Å². The van der Waals surface area contributed by atoms with Gasteiger partial charge in [0.15, 0.2) is 17.5 Å². The first-order valence-electron chi connectivity index (χ1n) is 15.4. The van der Waals surface area contributed by atoms with E-state index < -0.39 is 35.0 Å². The Hall–Kier alpha value is -3.48. The number of morpholine rings is 1. The van der Waals surface area contributed by atoms with Crippen LogP contribution < -0.4 is 10.1 Å². The van der Waals surface area contributed by atoms with Gasteiger partial charge in [-0.1, -0.05) is 0 Å². The van der Waals surface area contributed by atoms with Crippen LogP contribution in [0.4, 0.5) is 23.2 Å². The summed E-state index contributed by atoms with van der Waals surface area (Å²) in [4.78, 5) is 20.9. The van der Waals surface area contributed by atoms with Crippen molar-refractivity contribution in [2.24, 2.45) is 5.41 Å². The normalized spacial score (nSPS) is 18.2. The second-order valence-corrected chi connectivity index (χ2v) is 12.1. The maximum Gasteiger partial charge on any atom is 0.303 e. The molecule has 2 N–H and O–H groups in total. The first-order chi connectivity index (χ1) is 21.7. The van der Waals surface area contributed by atoms with Gasteiger partial charge in [0.1, 0.15) is 11.9 Å². The molecule has 244 valence electrons. The number of nitrogens with one attached hydrogen (secondary N) is 1. The molecule has 1 aromatic heterocycles. The molecule has 5 rings (SSSR count). The number of halogens is 4. The molecule has 12 heteroatoms. The van der Waals surface area contributed by atoms with E-state index in [1.54, 1.807) is 19.4 Å². The number of fused-ring (bicyclic) bond motifs is 1. The van der Waals surface area contributed by atoms with Gasteiger partial charge in [-0.15, -0.1) is 0 Å². The molecule has 0 saturated carbocycles. The van der Waals surface area contributed by atoms with Crippen molar-refractivity contribution < 1.29 is 36.9 Å². The van der Waals surface area contributed by atoms with Crippen LogP contribution in [0.25, 0.3) is 10.9 Å². The lowest BCUT2D eigenvalue weighted by Crippen LogP contribution is -2.43. The van der Waals surface area contributed by atoms with Crippen LogP contribution in [0.2, 0.25) is 0 Å². The lowest BCUT2D eigenvalue weighted by Gasteiger charge is -2.41. The molecule has 0 radical (unpaired) electrons. The molecule has 3 heterocycles. The lowest BCUT2D eigenvalue weighted by atomic mass is 9.71. The van der Waals surface area contributed by atoms with Crippen LogP contribution in [0.15, 0.2) is 36.5 Å². The van der Waals surface area contributed by atoms with E-state index in [-0.39, 0.29) is 18.5 Å². The van der Waals surface area contributed by atoms with Gasteiger partial charge in [0.25, 0.3) is 0 Å². The molecular formula is C33H40F4N4O4. The molecule has 8 nitrogen and oxygen atoms in total. The van der Waals surface area contributed by atoms with Crippen LogP contribution >= 0.6 is 0 Å². The molecule has 3 aromatic rings. The predicted octanol–water partition coefficient (Wildman–Crippen LogP) is 5.95. The Morgan fingerprint density at radius 2 is 1.80 bits per heavy atom. The molecular weight excluding hydrogens is 592 g/mol. The number of pyridine rings is 1. The number of benzene rings is 2. The fraction of sp³-hybridized carbons (Fsp3) is 0.515. The van der Waals surface area contributed by atoms with E-state index in [9.17, 15) is 23.1 Å². The van der Waals surface area contributed by atoms with E-state index in [0.717, 1.165) is 30.8 Å². The number of methoxy groups -OCH3 is 1. The van der Waals surface area contributed by atoms with Gasteiger partial charge in [-0.25, -0.2) is 17.6 Å². The number of carbonyl (C=O) groups is 1. The van der Waals surface area contributed by atoms with Crippen molar-refractivity contribution in [2.75, 3.05) is 64.9 Å². The molecule has 2 saturated heterocycles. The SMILES string of the molecule is COc1ccc2ncc(CN3CCOCC3)c([C@@H](F)CCC3(CC(=O)O)CCN(CCNc4cc(F)c(F)c(F)c4)CC3)c2c1. The standard InChI is InChI=1S/C33H40F4N4O4/c1-44-24-2-3-29-25(18-24)31(22(20-39-29)21-41-12-14-45-15-13-41)26(34)4-5-33(19-30(42)43)6-9-40(10-7-33)11-8-38-23-16-27(35)32(37)28(36)17-23/h2-3,16-18,20,26,38H,4-15,19,21H2,1H3,(H,42,43)/t26-/m0/s1. The first kappa shape index (κ1) is 32.9. The molecule has 0 unspecified atom stereocenters. The Bertz CT molecular complexity index is 1460. The number of piperidine rings is 1. The number of hydrogen-bond acceptors (Lipinski definition) is 7. The third kappa shape index (κ3) is 8.22. The van der Waals surface area contributed by atoms with E-state index >= 15 is 4.39 Å². The molecule has 0 spiro atoms. The number of carboxylic acid groups (broad SMARTS) is 1. The van der Waals surface area contributed by atoms with E-state index in [1.807, 2.05) is 12.1 Å². The Morgan fingerprint density at radius 1 is 1.09 bits per heavy atom. The van der Waals surface area contributed by atoms with E-state index in [0.29, 0.717) is 87.4 Å². The Balaban J connectivity index is 1.26. The maximum absolute atomic E-state index is 16.5. The number of likely N-dealkylation sites (tertiary alicyclic amines) is 1. The summed E-state index contributed by atoms with van der Waals surface area (Å²) in [5.41, 5.74) is 1.64. The van der Waals surface area contributed by atoms with Gasteiger partial charge in [-0.3, -0.25) is 14.7 Å². The summed E-state index contributed by atoms with van der Waals surface area (Å²) in [6, 6.07) is 7.27. The number of rotatable bonds is 13. The molecule has 2 fully saturated rings. The molecule has 0 aliphatic carbocycles. The highest BCUT2D eigenvalue weighted by molar-refractivity contribution is 5.85. The topological polar surface area (TPSA) is 87.2 Å².